The summed E-state index contributed by atoms with van der Waals surface area (Å²) >= 11 is 0. The number of alkyl halides is 2. The van der Waals surface area contributed by atoms with Crippen LogP contribution in [0.15, 0.2) is 24.3 Å². The average molecular weight is 393 g/mol. The van der Waals surface area contributed by atoms with Crippen molar-refractivity contribution in [2.45, 2.75) is 109 Å². The molecule has 0 unspecified atom stereocenters. The van der Waals surface area contributed by atoms with Gasteiger partial charge in [-0.25, -0.2) is 0 Å². The predicted octanol–water partition coefficient (Wildman–Crippen LogP) is 8.33. The van der Waals surface area contributed by atoms with E-state index < -0.39 is 11.7 Å². The maximum atomic E-state index is 13.8. The van der Waals surface area contributed by atoms with Crippen LogP contribution in [0.4, 0.5) is 8.78 Å². The number of Topliss-reactive ketones (excluding diaryl/α,β-unsaturated/α-hetero) is 1. The molecular formula is C25H38F2O. The maximum absolute atomic E-state index is 13.8. The Morgan fingerprint density at radius 1 is 0.893 bits per heavy atom. The van der Waals surface area contributed by atoms with Crippen LogP contribution in [0.1, 0.15) is 119 Å². The van der Waals surface area contributed by atoms with Crippen molar-refractivity contribution >= 4 is 5.78 Å². The summed E-state index contributed by atoms with van der Waals surface area (Å²) in [5.41, 5.74) is 1.34. The Balaban J connectivity index is 1.76. The zero-order valence-electron chi connectivity index (χ0n) is 17.8. The summed E-state index contributed by atoms with van der Waals surface area (Å²) in [6, 6.07) is 7.00. The third kappa shape index (κ3) is 6.97. The molecule has 2 rings (SSSR count). The number of benzene rings is 1. The lowest BCUT2D eigenvalue weighted by Gasteiger charge is -2.29. The Kier molecular flexibility index (Phi) is 9.61. The molecule has 1 fully saturated rings. The van der Waals surface area contributed by atoms with E-state index >= 15 is 0 Å². The van der Waals surface area contributed by atoms with Crippen LogP contribution in [0.25, 0.3) is 0 Å². The number of carbonyl (C=O) groups is 1. The molecule has 0 amide bonds. The van der Waals surface area contributed by atoms with Crippen LogP contribution in [0.5, 0.6) is 0 Å². The van der Waals surface area contributed by atoms with Crippen molar-refractivity contribution in [3.05, 3.63) is 35.4 Å². The molecule has 0 atom stereocenters. The zero-order valence-corrected chi connectivity index (χ0v) is 17.8. The Labute approximate surface area is 170 Å². The summed E-state index contributed by atoms with van der Waals surface area (Å²) in [5.74, 6) is -2.91. The van der Waals surface area contributed by atoms with Gasteiger partial charge in [0.15, 0.2) is 0 Å². The molecule has 1 aromatic rings. The summed E-state index contributed by atoms with van der Waals surface area (Å²) < 4.78 is 27.7. The van der Waals surface area contributed by atoms with Gasteiger partial charge < -0.3 is 0 Å². The van der Waals surface area contributed by atoms with E-state index in [4.69, 9.17) is 0 Å². The van der Waals surface area contributed by atoms with Gasteiger partial charge in [-0.1, -0.05) is 83.1 Å². The first-order valence-electron chi connectivity index (χ1n) is 11.5. The van der Waals surface area contributed by atoms with Gasteiger partial charge in [0.1, 0.15) is 0 Å². The molecule has 158 valence electrons. The van der Waals surface area contributed by atoms with E-state index in [2.05, 4.69) is 6.92 Å². The number of carbonyl (C=O) groups excluding carboxylic acids is 1. The van der Waals surface area contributed by atoms with Gasteiger partial charge in [0.25, 0.3) is 0 Å². The van der Waals surface area contributed by atoms with Crippen molar-refractivity contribution < 1.29 is 13.6 Å². The van der Waals surface area contributed by atoms with Crippen molar-refractivity contribution in [3.8, 4) is 0 Å². The maximum Gasteiger partial charge on any atom is 0.309 e. The Bertz CT molecular complexity index is 571. The van der Waals surface area contributed by atoms with E-state index in [1.54, 1.807) is 19.1 Å². The van der Waals surface area contributed by atoms with Gasteiger partial charge in [-0.05, 0) is 49.5 Å². The van der Waals surface area contributed by atoms with Crippen molar-refractivity contribution in [3.63, 3.8) is 0 Å². The molecule has 0 aliphatic heterocycles. The Morgan fingerprint density at radius 2 is 1.50 bits per heavy atom. The molecule has 28 heavy (non-hydrogen) atoms. The van der Waals surface area contributed by atoms with Crippen molar-refractivity contribution in [2.75, 3.05) is 0 Å². The molecule has 0 N–H and O–H groups in total. The molecule has 0 bridgehead atoms. The Hall–Kier alpha value is -1.25. The van der Waals surface area contributed by atoms with E-state index in [-0.39, 0.29) is 12.0 Å². The molecule has 0 heterocycles. The van der Waals surface area contributed by atoms with Crippen LogP contribution in [-0.4, -0.2) is 11.7 Å². The monoisotopic (exact) mass is 392 g/mol. The molecule has 0 aromatic heterocycles. The van der Waals surface area contributed by atoms with Crippen LogP contribution in [-0.2, 0) is 0 Å². The van der Waals surface area contributed by atoms with Gasteiger partial charge in [-0.15, -0.1) is 0 Å². The van der Waals surface area contributed by atoms with Gasteiger partial charge >= 0.3 is 5.92 Å². The first-order chi connectivity index (χ1) is 13.5. The van der Waals surface area contributed by atoms with Crippen molar-refractivity contribution in [1.29, 1.82) is 0 Å². The standard InChI is InChI=1S/C25H38F2O/c1-3-5-6-7-8-9-10-20-11-13-21(14-12-20)22-15-17-23(18-16-22)24(28)25(26,27)19-4-2/h15-18,20-21H,3-14,19H2,1-2H3. The average Bonchev–Trinajstić information content (AvgIpc) is 2.70. The van der Waals surface area contributed by atoms with E-state index in [0.717, 1.165) is 5.92 Å². The lowest BCUT2D eigenvalue weighted by molar-refractivity contribution is 0.00453. The lowest BCUT2D eigenvalue weighted by atomic mass is 9.77. The van der Waals surface area contributed by atoms with Gasteiger partial charge in [-0.2, -0.15) is 8.78 Å². The number of hydrogen-bond acceptors (Lipinski definition) is 1. The lowest BCUT2D eigenvalue weighted by Crippen LogP contribution is -2.28. The van der Waals surface area contributed by atoms with Gasteiger partial charge in [0, 0.05) is 12.0 Å². The topological polar surface area (TPSA) is 17.1 Å². The molecule has 0 spiro atoms. The summed E-state index contributed by atoms with van der Waals surface area (Å²) in [6.07, 6.45) is 14.4. The minimum atomic E-state index is -3.25. The van der Waals surface area contributed by atoms with Gasteiger partial charge in [-0.3, -0.25) is 4.79 Å². The molecule has 1 aromatic carbocycles. The van der Waals surface area contributed by atoms with E-state index in [1.807, 2.05) is 12.1 Å². The zero-order chi connectivity index (χ0) is 20.4. The van der Waals surface area contributed by atoms with Crippen LogP contribution < -0.4 is 0 Å². The largest absolute Gasteiger partial charge is 0.309 e. The smallest absolute Gasteiger partial charge is 0.287 e. The third-order valence-electron chi connectivity index (χ3n) is 6.35. The summed E-state index contributed by atoms with van der Waals surface area (Å²) in [7, 11) is 0. The molecule has 1 aliphatic rings. The second-order valence-corrected chi connectivity index (χ2v) is 8.68. The van der Waals surface area contributed by atoms with Crippen LogP contribution in [0.3, 0.4) is 0 Å². The normalized spacial score (nSPS) is 20.3. The van der Waals surface area contributed by atoms with E-state index in [9.17, 15) is 13.6 Å². The van der Waals surface area contributed by atoms with E-state index in [0.29, 0.717) is 12.3 Å². The van der Waals surface area contributed by atoms with Crippen molar-refractivity contribution in [2.24, 2.45) is 5.92 Å². The van der Waals surface area contributed by atoms with Gasteiger partial charge in [0.05, 0.1) is 0 Å². The highest BCUT2D eigenvalue weighted by atomic mass is 19.3. The SMILES string of the molecule is CCCCCCCCC1CCC(c2ccc(C(=O)C(F)(F)CCC)cc2)CC1. The first-order valence-corrected chi connectivity index (χ1v) is 11.5. The number of rotatable bonds is 12. The molecule has 1 aliphatic carbocycles. The summed E-state index contributed by atoms with van der Waals surface area (Å²) in [5, 5.41) is 0. The summed E-state index contributed by atoms with van der Waals surface area (Å²) in [6.45, 7) is 3.93. The highest BCUT2D eigenvalue weighted by molar-refractivity contribution is 6.01. The molecular weight excluding hydrogens is 354 g/mol. The van der Waals surface area contributed by atoms with Crippen LogP contribution in [0.2, 0.25) is 0 Å². The fraction of sp³-hybridized carbons (Fsp3) is 0.720. The number of halogens is 2. The second kappa shape index (κ2) is 11.7. The molecule has 0 radical (unpaired) electrons. The highest BCUT2D eigenvalue weighted by Gasteiger charge is 2.38. The van der Waals surface area contributed by atoms with E-state index in [1.165, 1.54) is 76.2 Å². The molecule has 3 heteroatoms. The first kappa shape index (κ1) is 23.0. The summed E-state index contributed by atoms with van der Waals surface area (Å²) in [4.78, 5) is 12.0. The fourth-order valence-corrected chi connectivity index (χ4v) is 4.54. The second-order valence-electron chi connectivity index (χ2n) is 8.68. The Morgan fingerprint density at radius 3 is 2.11 bits per heavy atom. The van der Waals surface area contributed by atoms with Gasteiger partial charge in [0.2, 0.25) is 5.78 Å². The highest BCUT2D eigenvalue weighted by Crippen LogP contribution is 2.38. The molecule has 1 nitrogen and oxygen atoms in total. The number of ketones is 1. The fourth-order valence-electron chi connectivity index (χ4n) is 4.54. The minimum Gasteiger partial charge on any atom is -0.287 e. The third-order valence-corrected chi connectivity index (χ3v) is 6.35. The van der Waals surface area contributed by atoms with Crippen molar-refractivity contribution in [1.82, 2.24) is 0 Å². The quantitative estimate of drug-likeness (QED) is 0.258. The predicted molar refractivity (Wildman–Crippen MR) is 113 cm³/mol. The molecule has 1 saturated carbocycles. The van der Waals surface area contributed by atoms with Crippen LogP contribution >= 0.6 is 0 Å². The van der Waals surface area contributed by atoms with Crippen LogP contribution in [0, 0.1) is 5.92 Å². The minimum absolute atomic E-state index is 0.138. The molecule has 0 saturated heterocycles. The number of unbranched alkanes of at least 4 members (excludes halogenated alkanes) is 5. The number of hydrogen-bond donors (Lipinski definition) is 0.